The lowest BCUT2D eigenvalue weighted by Crippen LogP contribution is -2.42. The third-order valence-electron chi connectivity index (χ3n) is 3.18. The van der Waals surface area contributed by atoms with Crippen LogP contribution in [0.4, 0.5) is 0 Å². The van der Waals surface area contributed by atoms with Crippen molar-refractivity contribution in [1.82, 2.24) is 10.1 Å². The molecule has 0 aromatic carbocycles. The van der Waals surface area contributed by atoms with Gasteiger partial charge >= 0.3 is 0 Å². The molecule has 1 aromatic rings. The van der Waals surface area contributed by atoms with Crippen LogP contribution in [-0.2, 0) is 6.54 Å². The fraction of sp³-hybridized carbons (Fsp3) is 0.667. The fourth-order valence-electron chi connectivity index (χ4n) is 1.99. The number of nitrogens with zero attached hydrogens (tertiary/aromatic N) is 3. The molecule has 0 bridgehead atoms. The molecule has 0 atom stereocenters. The topological polar surface area (TPSA) is 67.7 Å². The highest BCUT2D eigenvalue weighted by Gasteiger charge is 2.16. The third kappa shape index (κ3) is 4.15. The number of aliphatic imine (C=N–C) groups is 1. The molecule has 2 heterocycles. The van der Waals surface area contributed by atoms with Crippen LogP contribution >= 0.6 is 24.0 Å². The molecule has 1 fully saturated rings. The first-order valence-corrected chi connectivity index (χ1v) is 6.12. The Bertz CT molecular complexity index is 397. The molecule has 18 heavy (non-hydrogen) atoms. The van der Waals surface area contributed by atoms with Gasteiger partial charge in [-0.3, -0.25) is 0 Å². The van der Waals surface area contributed by atoms with Crippen LogP contribution in [0.5, 0.6) is 0 Å². The molecule has 0 radical (unpaired) electrons. The summed E-state index contributed by atoms with van der Waals surface area (Å²) in [5.41, 5.74) is 6.84. The molecule has 0 amide bonds. The van der Waals surface area contributed by atoms with Gasteiger partial charge in [0.15, 0.2) is 11.7 Å². The summed E-state index contributed by atoms with van der Waals surface area (Å²) in [6, 6.07) is 1.88. The van der Waals surface area contributed by atoms with E-state index in [1.165, 1.54) is 12.8 Å². The first-order valence-electron chi connectivity index (χ1n) is 6.12. The highest BCUT2D eigenvalue weighted by molar-refractivity contribution is 14.0. The molecule has 6 heteroatoms. The molecule has 0 spiro atoms. The van der Waals surface area contributed by atoms with Crippen molar-refractivity contribution in [3.05, 3.63) is 17.5 Å². The maximum atomic E-state index is 5.96. The van der Waals surface area contributed by atoms with E-state index in [1.54, 1.807) is 0 Å². The third-order valence-corrected chi connectivity index (χ3v) is 3.18. The molecule has 1 aliphatic rings. The Morgan fingerprint density at radius 1 is 1.56 bits per heavy atom. The van der Waals surface area contributed by atoms with Crippen LogP contribution < -0.4 is 5.73 Å². The zero-order valence-corrected chi connectivity index (χ0v) is 13.3. The van der Waals surface area contributed by atoms with E-state index in [2.05, 4.69) is 22.0 Å². The lowest BCUT2D eigenvalue weighted by atomic mass is 10.00. The molecule has 0 unspecified atom stereocenters. The number of hydrogen-bond donors (Lipinski definition) is 1. The van der Waals surface area contributed by atoms with E-state index in [1.807, 2.05) is 13.0 Å². The van der Waals surface area contributed by atoms with Crippen molar-refractivity contribution in [2.24, 2.45) is 16.6 Å². The Hall–Kier alpha value is -0.790. The van der Waals surface area contributed by atoms with Crippen molar-refractivity contribution in [3.8, 4) is 0 Å². The van der Waals surface area contributed by atoms with E-state index in [9.17, 15) is 0 Å². The number of piperidine rings is 1. The molecular weight excluding hydrogens is 343 g/mol. The summed E-state index contributed by atoms with van der Waals surface area (Å²) in [6.45, 7) is 6.66. The van der Waals surface area contributed by atoms with Crippen LogP contribution in [0.25, 0.3) is 0 Å². The predicted molar refractivity (Wildman–Crippen MR) is 82.0 cm³/mol. The average Bonchev–Trinajstić information content (AvgIpc) is 2.73. The summed E-state index contributed by atoms with van der Waals surface area (Å²) in [5.74, 6) is 2.18. The van der Waals surface area contributed by atoms with Crippen molar-refractivity contribution in [2.75, 3.05) is 13.1 Å². The smallest absolute Gasteiger partial charge is 0.191 e. The van der Waals surface area contributed by atoms with Gasteiger partial charge in [-0.1, -0.05) is 12.1 Å². The van der Waals surface area contributed by atoms with Gasteiger partial charge in [0.1, 0.15) is 6.54 Å². The zero-order valence-electron chi connectivity index (χ0n) is 10.9. The quantitative estimate of drug-likeness (QED) is 0.496. The Morgan fingerprint density at radius 3 is 2.78 bits per heavy atom. The van der Waals surface area contributed by atoms with Crippen molar-refractivity contribution in [3.63, 3.8) is 0 Å². The SMILES string of the molecule is Cc1cc(CN=C(N)N2CCC(C)CC2)on1.I. The first-order chi connectivity index (χ1) is 8.15. The molecule has 0 aliphatic carbocycles. The number of nitrogens with two attached hydrogens (primary N) is 1. The van der Waals surface area contributed by atoms with Crippen LogP contribution in [0.3, 0.4) is 0 Å². The summed E-state index contributed by atoms with van der Waals surface area (Å²) in [7, 11) is 0. The van der Waals surface area contributed by atoms with Crippen LogP contribution in [0.15, 0.2) is 15.6 Å². The summed E-state index contributed by atoms with van der Waals surface area (Å²) >= 11 is 0. The minimum absolute atomic E-state index is 0. The van der Waals surface area contributed by atoms with Gasteiger partial charge < -0.3 is 15.2 Å². The fourth-order valence-corrected chi connectivity index (χ4v) is 1.99. The van der Waals surface area contributed by atoms with Gasteiger partial charge in [0.2, 0.25) is 0 Å². The summed E-state index contributed by atoms with van der Waals surface area (Å²) < 4.78 is 5.09. The van der Waals surface area contributed by atoms with Crippen LogP contribution in [0, 0.1) is 12.8 Å². The summed E-state index contributed by atoms with van der Waals surface area (Å²) in [4.78, 5) is 6.49. The maximum Gasteiger partial charge on any atom is 0.191 e. The largest absolute Gasteiger partial charge is 0.370 e. The molecule has 1 aliphatic heterocycles. The van der Waals surface area contributed by atoms with E-state index in [0.29, 0.717) is 12.5 Å². The molecule has 1 aromatic heterocycles. The van der Waals surface area contributed by atoms with Gasteiger partial charge in [0.05, 0.1) is 5.69 Å². The second-order valence-corrected chi connectivity index (χ2v) is 4.78. The number of rotatable bonds is 2. The molecular formula is C12H21IN4O. The molecule has 102 valence electrons. The summed E-state index contributed by atoms with van der Waals surface area (Å²) in [6.07, 6.45) is 2.38. The highest BCUT2D eigenvalue weighted by Crippen LogP contribution is 2.15. The number of hydrogen-bond acceptors (Lipinski definition) is 3. The Kier molecular flexibility index (Phi) is 5.90. The number of halogens is 1. The first kappa shape index (κ1) is 15.3. The lowest BCUT2D eigenvalue weighted by molar-refractivity contribution is 0.277. The Balaban J connectivity index is 0.00000162. The zero-order chi connectivity index (χ0) is 12.3. The van der Waals surface area contributed by atoms with E-state index < -0.39 is 0 Å². The van der Waals surface area contributed by atoms with E-state index in [-0.39, 0.29) is 24.0 Å². The van der Waals surface area contributed by atoms with Crippen LogP contribution in [-0.4, -0.2) is 29.1 Å². The second kappa shape index (κ2) is 6.96. The van der Waals surface area contributed by atoms with Gasteiger partial charge in [0, 0.05) is 19.2 Å². The predicted octanol–water partition coefficient (Wildman–Crippen LogP) is 2.15. The van der Waals surface area contributed by atoms with Crippen molar-refractivity contribution in [2.45, 2.75) is 33.2 Å². The van der Waals surface area contributed by atoms with Crippen molar-refractivity contribution in [1.29, 1.82) is 0 Å². The molecule has 2 N–H and O–H groups in total. The maximum absolute atomic E-state index is 5.96. The van der Waals surface area contributed by atoms with Gasteiger partial charge in [-0.25, -0.2) is 4.99 Å². The van der Waals surface area contributed by atoms with Gasteiger partial charge in [-0.05, 0) is 25.7 Å². The number of likely N-dealkylation sites (tertiary alicyclic amines) is 1. The van der Waals surface area contributed by atoms with Gasteiger partial charge in [-0.2, -0.15) is 0 Å². The van der Waals surface area contributed by atoms with E-state index in [0.717, 1.165) is 30.5 Å². The normalized spacial score (nSPS) is 17.7. The lowest BCUT2D eigenvalue weighted by Gasteiger charge is -2.30. The number of aromatic nitrogens is 1. The van der Waals surface area contributed by atoms with Crippen LogP contribution in [0.1, 0.15) is 31.2 Å². The van der Waals surface area contributed by atoms with Crippen LogP contribution in [0.2, 0.25) is 0 Å². The number of aryl methyl sites for hydroxylation is 1. The Morgan fingerprint density at radius 2 is 2.22 bits per heavy atom. The van der Waals surface area contributed by atoms with E-state index >= 15 is 0 Å². The number of guanidine groups is 1. The monoisotopic (exact) mass is 364 g/mol. The van der Waals surface area contributed by atoms with Crippen molar-refractivity contribution >= 4 is 29.9 Å². The average molecular weight is 364 g/mol. The van der Waals surface area contributed by atoms with E-state index in [4.69, 9.17) is 10.3 Å². The van der Waals surface area contributed by atoms with Gasteiger partial charge in [0.25, 0.3) is 0 Å². The van der Waals surface area contributed by atoms with Crippen molar-refractivity contribution < 1.29 is 4.52 Å². The minimum Gasteiger partial charge on any atom is -0.370 e. The Labute approximate surface area is 125 Å². The minimum atomic E-state index is 0. The molecule has 2 rings (SSSR count). The highest BCUT2D eigenvalue weighted by atomic mass is 127. The second-order valence-electron chi connectivity index (χ2n) is 4.78. The molecule has 0 saturated carbocycles. The molecule has 1 saturated heterocycles. The summed E-state index contributed by atoms with van der Waals surface area (Å²) in [5, 5.41) is 3.82. The standard InChI is InChI=1S/C12H20N4O.HI/c1-9-3-5-16(6-4-9)12(13)14-8-11-7-10(2)15-17-11;/h7,9H,3-6,8H2,1-2H3,(H2,13,14);1H. The van der Waals surface area contributed by atoms with Gasteiger partial charge in [-0.15, -0.1) is 24.0 Å². The molecule has 5 nitrogen and oxygen atoms in total.